The molecule has 1 N–H and O–H groups in total. The van der Waals surface area contributed by atoms with Gasteiger partial charge >= 0.3 is 5.97 Å². The Labute approximate surface area is 134 Å². The van der Waals surface area contributed by atoms with Crippen LogP contribution in [0.5, 0.6) is 0 Å². The van der Waals surface area contributed by atoms with Crippen molar-refractivity contribution in [3.8, 4) is 6.07 Å². The first kappa shape index (κ1) is 17.2. The number of nitrogens with zero attached hydrogens (tertiary/aromatic N) is 2. The average Bonchev–Trinajstić information content (AvgIpc) is 2.50. The highest BCUT2D eigenvalue weighted by molar-refractivity contribution is 5.92. The third-order valence-corrected chi connectivity index (χ3v) is 4.52. The van der Waals surface area contributed by atoms with Gasteiger partial charge in [0.05, 0.1) is 17.2 Å². The fraction of sp³-hybridized carbons (Fsp3) is 0.529. The molecule has 2 rings (SSSR count). The number of carboxylic acid groups (broad SMARTS) is 1. The second-order valence-electron chi connectivity index (χ2n) is 5.96. The van der Waals surface area contributed by atoms with Crippen LogP contribution in [0.3, 0.4) is 0 Å². The molecule has 0 spiro atoms. The predicted molar refractivity (Wildman–Crippen MR) is 83.1 cm³/mol. The van der Waals surface area contributed by atoms with E-state index in [1.54, 1.807) is 13.0 Å². The second kappa shape index (κ2) is 6.53. The number of carbonyl (C=O) groups is 1. The van der Waals surface area contributed by atoms with Crippen LogP contribution in [0.1, 0.15) is 54.1 Å². The van der Waals surface area contributed by atoms with E-state index < -0.39 is 11.9 Å². The van der Waals surface area contributed by atoms with Crippen molar-refractivity contribution in [2.45, 2.75) is 51.5 Å². The van der Waals surface area contributed by atoms with E-state index >= 15 is 0 Å². The molecule has 1 aromatic rings. The van der Waals surface area contributed by atoms with Gasteiger partial charge in [-0.15, -0.1) is 0 Å². The third-order valence-electron chi connectivity index (χ3n) is 4.52. The van der Waals surface area contributed by atoms with E-state index in [2.05, 4.69) is 0 Å². The maximum atomic E-state index is 13.4. The molecule has 1 aliphatic rings. The molecule has 1 fully saturated rings. The van der Waals surface area contributed by atoms with Gasteiger partial charge in [-0.2, -0.15) is 5.26 Å². The molecule has 0 heterocycles. The summed E-state index contributed by atoms with van der Waals surface area (Å²) in [4.78, 5) is 13.3. The van der Waals surface area contributed by atoms with Gasteiger partial charge in [0.1, 0.15) is 0 Å². The number of hydrogen-bond acceptors (Lipinski definition) is 3. The van der Waals surface area contributed by atoms with Crippen molar-refractivity contribution in [1.29, 1.82) is 5.26 Å². The molecule has 1 aliphatic carbocycles. The Morgan fingerprint density at radius 2 is 2.04 bits per heavy atom. The third kappa shape index (κ3) is 3.61. The van der Waals surface area contributed by atoms with Crippen LogP contribution in [-0.4, -0.2) is 29.6 Å². The van der Waals surface area contributed by atoms with E-state index in [-0.39, 0.29) is 30.0 Å². The summed E-state index contributed by atoms with van der Waals surface area (Å²) in [5.74, 6) is -3.70. The number of aromatic carboxylic acids is 1. The lowest BCUT2D eigenvalue weighted by molar-refractivity contribution is -0.0380. The minimum absolute atomic E-state index is 0.0612. The Morgan fingerprint density at radius 1 is 1.43 bits per heavy atom. The predicted octanol–water partition coefficient (Wildman–Crippen LogP) is 3.97. The van der Waals surface area contributed by atoms with E-state index in [0.29, 0.717) is 30.6 Å². The topological polar surface area (TPSA) is 64.3 Å². The Morgan fingerprint density at radius 3 is 2.52 bits per heavy atom. The Hall–Kier alpha value is -2.16. The van der Waals surface area contributed by atoms with Crippen LogP contribution in [0.25, 0.3) is 0 Å². The summed E-state index contributed by atoms with van der Waals surface area (Å²) in [6.45, 7) is 4.18. The average molecular weight is 322 g/mol. The standard InChI is InChI=1S/C17H20F2N2O2/c1-3-21(13-4-6-17(18,19)7-5-13)15-9-12(10-20)8-14(11(15)2)16(22)23/h8-9,13H,3-7H2,1-2H3,(H,22,23). The lowest BCUT2D eigenvalue weighted by Crippen LogP contribution is -2.41. The van der Waals surface area contributed by atoms with E-state index in [4.69, 9.17) is 5.26 Å². The Kier molecular flexibility index (Phi) is 4.88. The van der Waals surface area contributed by atoms with Crippen molar-refractivity contribution in [2.75, 3.05) is 11.4 Å². The van der Waals surface area contributed by atoms with Crippen LogP contribution in [0.2, 0.25) is 0 Å². The van der Waals surface area contributed by atoms with Crippen molar-refractivity contribution < 1.29 is 18.7 Å². The van der Waals surface area contributed by atoms with Crippen LogP contribution in [-0.2, 0) is 0 Å². The number of nitriles is 1. The van der Waals surface area contributed by atoms with E-state index in [0.717, 1.165) is 0 Å². The van der Waals surface area contributed by atoms with Crippen molar-refractivity contribution in [3.63, 3.8) is 0 Å². The zero-order chi connectivity index (χ0) is 17.2. The molecule has 1 saturated carbocycles. The van der Waals surface area contributed by atoms with Crippen molar-refractivity contribution >= 4 is 11.7 Å². The number of halogens is 2. The normalized spacial score (nSPS) is 17.5. The molecule has 0 saturated heterocycles. The summed E-state index contributed by atoms with van der Waals surface area (Å²) in [5.41, 5.74) is 1.57. The Balaban J connectivity index is 2.40. The highest BCUT2D eigenvalue weighted by atomic mass is 19.3. The molecule has 0 aliphatic heterocycles. The molecule has 4 nitrogen and oxygen atoms in total. The molecule has 0 bridgehead atoms. The summed E-state index contributed by atoms with van der Waals surface area (Å²) in [5, 5.41) is 18.4. The zero-order valence-corrected chi connectivity index (χ0v) is 13.3. The number of hydrogen-bond donors (Lipinski definition) is 1. The van der Waals surface area contributed by atoms with Crippen LogP contribution < -0.4 is 4.90 Å². The molecule has 1 aromatic carbocycles. The smallest absolute Gasteiger partial charge is 0.336 e. The van der Waals surface area contributed by atoms with E-state index in [1.807, 2.05) is 17.9 Å². The number of rotatable bonds is 4. The van der Waals surface area contributed by atoms with Gasteiger partial charge in [-0.25, -0.2) is 13.6 Å². The van der Waals surface area contributed by atoms with Gasteiger partial charge in [-0.1, -0.05) is 0 Å². The minimum Gasteiger partial charge on any atom is -0.478 e. The quantitative estimate of drug-likeness (QED) is 0.911. The molecule has 0 amide bonds. The fourth-order valence-electron chi connectivity index (χ4n) is 3.25. The van der Waals surface area contributed by atoms with Gasteiger partial charge in [0.25, 0.3) is 0 Å². The van der Waals surface area contributed by atoms with Gasteiger partial charge in [0.2, 0.25) is 5.92 Å². The summed E-state index contributed by atoms with van der Waals surface area (Å²) in [6, 6.07) is 4.92. The van der Waals surface area contributed by atoms with Crippen LogP contribution >= 0.6 is 0 Å². The molecule has 0 atom stereocenters. The van der Waals surface area contributed by atoms with Crippen LogP contribution in [0.15, 0.2) is 12.1 Å². The number of anilines is 1. The first-order valence-electron chi connectivity index (χ1n) is 7.71. The maximum Gasteiger partial charge on any atom is 0.336 e. The van der Waals surface area contributed by atoms with E-state index in [9.17, 15) is 18.7 Å². The van der Waals surface area contributed by atoms with Gasteiger partial charge < -0.3 is 10.0 Å². The minimum atomic E-state index is -2.61. The van der Waals surface area contributed by atoms with Crippen molar-refractivity contribution in [1.82, 2.24) is 0 Å². The molecule has 0 radical (unpaired) electrons. The summed E-state index contributed by atoms with van der Waals surface area (Å²) >= 11 is 0. The number of alkyl halides is 2. The maximum absolute atomic E-state index is 13.4. The second-order valence-corrected chi connectivity index (χ2v) is 5.96. The van der Waals surface area contributed by atoms with Crippen molar-refractivity contribution in [2.24, 2.45) is 0 Å². The van der Waals surface area contributed by atoms with E-state index in [1.165, 1.54) is 6.07 Å². The molecule has 0 unspecified atom stereocenters. The monoisotopic (exact) mass is 322 g/mol. The van der Waals surface area contributed by atoms with Crippen molar-refractivity contribution in [3.05, 3.63) is 28.8 Å². The zero-order valence-electron chi connectivity index (χ0n) is 13.3. The number of carboxylic acids is 1. The fourth-order valence-corrected chi connectivity index (χ4v) is 3.25. The van der Waals surface area contributed by atoms with Crippen LogP contribution in [0, 0.1) is 18.3 Å². The van der Waals surface area contributed by atoms with Crippen LogP contribution in [0.4, 0.5) is 14.5 Å². The molecular weight excluding hydrogens is 302 g/mol. The highest BCUT2D eigenvalue weighted by Crippen LogP contribution is 2.37. The van der Waals surface area contributed by atoms with Gasteiger partial charge in [0.15, 0.2) is 0 Å². The molecule has 0 aromatic heterocycles. The van der Waals surface area contributed by atoms with Gasteiger partial charge in [-0.3, -0.25) is 0 Å². The Bertz CT molecular complexity index is 643. The van der Waals surface area contributed by atoms with Gasteiger partial charge in [-0.05, 0) is 44.4 Å². The SMILES string of the molecule is CCN(c1cc(C#N)cc(C(=O)O)c1C)C1CCC(F)(F)CC1. The largest absolute Gasteiger partial charge is 0.478 e. The number of benzene rings is 1. The van der Waals surface area contributed by atoms with Gasteiger partial charge in [0, 0.05) is 31.1 Å². The lowest BCUT2D eigenvalue weighted by Gasteiger charge is -2.38. The lowest BCUT2D eigenvalue weighted by atomic mass is 9.90. The molecular formula is C17H20F2N2O2. The summed E-state index contributed by atoms with van der Waals surface area (Å²) in [6.07, 6.45) is 0.410. The first-order chi connectivity index (χ1) is 10.8. The first-order valence-corrected chi connectivity index (χ1v) is 7.71. The molecule has 23 heavy (non-hydrogen) atoms. The summed E-state index contributed by atoms with van der Waals surface area (Å²) in [7, 11) is 0. The summed E-state index contributed by atoms with van der Waals surface area (Å²) < 4.78 is 26.8. The molecule has 124 valence electrons. The highest BCUT2D eigenvalue weighted by Gasteiger charge is 2.37. The molecule has 6 heteroatoms.